The second-order valence-electron chi connectivity index (χ2n) is 8.23. The van der Waals surface area contributed by atoms with E-state index in [0.717, 1.165) is 11.1 Å². The van der Waals surface area contributed by atoms with Crippen LogP contribution >= 0.6 is 0 Å². The largest absolute Gasteiger partial charge is 0.444 e. The molecule has 0 spiro atoms. The first-order chi connectivity index (χ1) is 11.9. The molecule has 1 aliphatic rings. The van der Waals surface area contributed by atoms with Crippen LogP contribution in [0.15, 0.2) is 24.3 Å². The van der Waals surface area contributed by atoms with Gasteiger partial charge in [-0.15, -0.1) is 0 Å². The molecule has 0 saturated carbocycles. The number of hydrogen-bond acceptors (Lipinski definition) is 4. The molecule has 26 heavy (non-hydrogen) atoms. The number of hydrogen-bond donors (Lipinski definition) is 1. The summed E-state index contributed by atoms with van der Waals surface area (Å²) >= 11 is 0. The summed E-state index contributed by atoms with van der Waals surface area (Å²) in [6.45, 7) is 8.46. The van der Waals surface area contributed by atoms with Crippen LogP contribution < -0.4 is 4.72 Å². The van der Waals surface area contributed by atoms with Gasteiger partial charge >= 0.3 is 6.09 Å². The van der Waals surface area contributed by atoms with E-state index in [0.29, 0.717) is 32.4 Å². The minimum atomic E-state index is -3.37. The van der Waals surface area contributed by atoms with Crippen LogP contribution in [0, 0.1) is 6.92 Å². The van der Waals surface area contributed by atoms with Gasteiger partial charge in [0.05, 0.1) is 6.26 Å². The fraction of sp³-hybridized carbons (Fsp3) is 0.632. The second-order valence-corrected chi connectivity index (χ2v) is 9.97. The predicted octanol–water partition coefficient (Wildman–Crippen LogP) is 2.86. The number of aryl methyl sites for hydroxylation is 1. The molecule has 0 unspecified atom stereocenters. The number of rotatable bonds is 4. The number of amides is 1. The third-order valence-electron chi connectivity index (χ3n) is 4.56. The number of nitrogens with zero attached hydrogens (tertiary/aromatic N) is 1. The van der Waals surface area contributed by atoms with Gasteiger partial charge in [-0.1, -0.05) is 24.3 Å². The maximum atomic E-state index is 12.3. The Kier molecular flexibility index (Phi) is 6.02. The van der Waals surface area contributed by atoms with Gasteiger partial charge in [-0.25, -0.2) is 17.9 Å². The third kappa shape index (κ3) is 5.99. The van der Waals surface area contributed by atoms with Crippen molar-refractivity contribution in [3.63, 3.8) is 0 Å². The molecule has 1 fully saturated rings. The van der Waals surface area contributed by atoms with Crippen molar-refractivity contribution >= 4 is 16.1 Å². The number of carbonyl (C=O) groups excluding carboxylic acids is 1. The molecule has 0 atom stereocenters. The number of carbonyl (C=O) groups is 1. The Morgan fingerprint density at radius 3 is 2.31 bits per heavy atom. The summed E-state index contributed by atoms with van der Waals surface area (Å²) in [5.41, 5.74) is 1.13. The van der Waals surface area contributed by atoms with Crippen molar-refractivity contribution in [3.05, 3.63) is 35.4 Å². The van der Waals surface area contributed by atoms with Gasteiger partial charge in [-0.05, 0) is 58.1 Å². The first kappa shape index (κ1) is 20.7. The standard InChI is InChI=1S/C19H30N2O4S/c1-15-8-6-7-9-16(15)14-19(20-26(5,23)24)10-12-21(13-11-19)17(22)25-18(2,3)4/h6-9,20H,10-14H2,1-5H3. The van der Waals surface area contributed by atoms with E-state index in [9.17, 15) is 13.2 Å². The minimum absolute atomic E-state index is 0.346. The molecule has 7 heteroatoms. The van der Waals surface area contributed by atoms with Gasteiger partial charge in [0.1, 0.15) is 5.60 Å². The minimum Gasteiger partial charge on any atom is -0.444 e. The molecule has 1 aromatic rings. The van der Waals surface area contributed by atoms with E-state index in [1.807, 2.05) is 52.0 Å². The molecule has 1 aliphatic heterocycles. The smallest absolute Gasteiger partial charge is 0.410 e. The highest BCUT2D eigenvalue weighted by atomic mass is 32.2. The van der Waals surface area contributed by atoms with E-state index in [-0.39, 0.29) is 6.09 Å². The average molecular weight is 383 g/mol. The molecule has 0 bridgehead atoms. The molecule has 146 valence electrons. The number of likely N-dealkylation sites (tertiary alicyclic amines) is 1. The first-order valence-corrected chi connectivity index (χ1v) is 10.8. The molecule has 1 N–H and O–H groups in total. The van der Waals surface area contributed by atoms with Crippen molar-refractivity contribution in [3.8, 4) is 0 Å². The van der Waals surface area contributed by atoms with E-state index in [2.05, 4.69) is 4.72 Å². The Morgan fingerprint density at radius 1 is 1.23 bits per heavy atom. The highest BCUT2D eigenvalue weighted by Gasteiger charge is 2.39. The molecule has 0 radical (unpaired) electrons. The van der Waals surface area contributed by atoms with Gasteiger partial charge in [0.15, 0.2) is 0 Å². The fourth-order valence-corrected chi connectivity index (χ4v) is 4.39. The normalized spacial score (nSPS) is 17.8. The van der Waals surface area contributed by atoms with E-state index in [4.69, 9.17) is 4.74 Å². The number of ether oxygens (including phenoxy) is 1. The molecule has 0 aliphatic carbocycles. The van der Waals surface area contributed by atoms with Crippen LogP contribution in [0.4, 0.5) is 4.79 Å². The maximum absolute atomic E-state index is 12.3. The molecule has 1 aromatic carbocycles. The predicted molar refractivity (Wildman–Crippen MR) is 103 cm³/mol. The molecule has 1 saturated heterocycles. The Hall–Kier alpha value is -1.60. The third-order valence-corrected chi connectivity index (χ3v) is 5.37. The summed E-state index contributed by atoms with van der Waals surface area (Å²) < 4.78 is 32.2. The van der Waals surface area contributed by atoms with Gasteiger partial charge < -0.3 is 9.64 Å². The summed E-state index contributed by atoms with van der Waals surface area (Å²) in [6, 6.07) is 7.99. The quantitative estimate of drug-likeness (QED) is 0.869. The van der Waals surface area contributed by atoms with Crippen molar-refractivity contribution < 1.29 is 17.9 Å². The zero-order valence-electron chi connectivity index (χ0n) is 16.3. The Bertz CT molecular complexity index is 745. The first-order valence-electron chi connectivity index (χ1n) is 8.91. The van der Waals surface area contributed by atoms with E-state index in [1.165, 1.54) is 6.26 Å². The lowest BCUT2D eigenvalue weighted by Crippen LogP contribution is -2.57. The molecule has 1 heterocycles. The van der Waals surface area contributed by atoms with Crippen molar-refractivity contribution in [2.24, 2.45) is 0 Å². The van der Waals surface area contributed by atoms with Gasteiger partial charge in [-0.2, -0.15) is 0 Å². The average Bonchev–Trinajstić information content (AvgIpc) is 2.47. The van der Waals surface area contributed by atoms with Crippen LogP contribution in [0.3, 0.4) is 0 Å². The van der Waals surface area contributed by atoms with E-state index < -0.39 is 21.2 Å². The Balaban J connectivity index is 2.16. The topological polar surface area (TPSA) is 75.7 Å². The molecular formula is C19H30N2O4S. The van der Waals surface area contributed by atoms with E-state index in [1.54, 1.807) is 4.90 Å². The van der Waals surface area contributed by atoms with Crippen molar-refractivity contribution in [2.75, 3.05) is 19.3 Å². The van der Waals surface area contributed by atoms with Crippen molar-refractivity contribution in [2.45, 2.75) is 58.1 Å². The van der Waals surface area contributed by atoms with Gasteiger partial charge in [0.25, 0.3) is 0 Å². The Morgan fingerprint density at radius 2 is 1.81 bits per heavy atom. The summed E-state index contributed by atoms with van der Waals surface area (Å²) in [5.74, 6) is 0. The number of benzene rings is 1. The van der Waals surface area contributed by atoms with Crippen LogP contribution in [-0.2, 0) is 21.2 Å². The number of sulfonamides is 1. The fourth-order valence-electron chi connectivity index (χ4n) is 3.33. The zero-order chi connectivity index (χ0) is 19.6. The zero-order valence-corrected chi connectivity index (χ0v) is 17.1. The van der Waals surface area contributed by atoms with Crippen molar-refractivity contribution in [1.82, 2.24) is 9.62 Å². The summed E-state index contributed by atoms with van der Waals surface area (Å²) in [5, 5.41) is 0. The molecule has 0 aromatic heterocycles. The van der Waals surface area contributed by atoms with E-state index >= 15 is 0 Å². The van der Waals surface area contributed by atoms with Crippen LogP contribution in [0.1, 0.15) is 44.7 Å². The lowest BCUT2D eigenvalue weighted by molar-refractivity contribution is 0.0160. The van der Waals surface area contributed by atoms with Crippen LogP contribution in [0.25, 0.3) is 0 Å². The van der Waals surface area contributed by atoms with Gasteiger partial charge in [0.2, 0.25) is 10.0 Å². The lowest BCUT2D eigenvalue weighted by Gasteiger charge is -2.42. The number of piperidine rings is 1. The molecule has 2 rings (SSSR count). The SMILES string of the molecule is Cc1ccccc1CC1(NS(C)(=O)=O)CCN(C(=O)OC(C)(C)C)CC1. The monoisotopic (exact) mass is 382 g/mol. The van der Waals surface area contributed by atoms with Crippen LogP contribution in [-0.4, -0.2) is 49.9 Å². The van der Waals surface area contributed by atoms with Crippen molar-refractivity contribution in [1.29, 1.82) is 0 Å². The highest BCUT2D eigenvalue weighted by Crippen LogP contribution is 2.29. The molecule has 6 nitrogen and oxygen atoms in total. The highest BCUT2D eigenvalue weighted by molar-refractivity contribution is 7.88. The molecular weight excluding hydrogens is 352 g/mol. The summed E-state index contributed by atoms with van der Waals surface area (Å²) in [7, 11) is -3.37. The Labute approximate surface area is 157 Å². The van der Waals surface area contributed by atoms with Gasteiger partial charge in [-0.3, -0.25) is 0 Å². The lowest BCUT2D eigenvalue weighted by atomic mass is 9.82. The summed E-state index contributed by atoms with van der Waals surface area (Å²) in [4.78, 5) is 13.9. The second kappa shape index (κ2) is 7.56. The van der Waals surface area contributed by atoms with Gasteiger partial charge in [0, 0.05) is 18.6 Å². The number of nitrogens with one attached hydrogen (secondary N) is 1. The molecule has 1 amide bonds. The van der Waals surface area contributed by atoms with Crippen LogP contribution in [0.2, 0.25) is 0 Å². The van der Waals surface area contributed by atoms with Crippen LogP contribution in [0.5, 0.6) is 0 Å². The maximum Gasteiger partial charge on any atom is 0.410 e. The summed E-state index contributed by atoms with van der Waals surface area (Å²) in [6.07, 6.45) is 2.55.